The van der Waals surface area contributed by atoms with Gasteiger partial charge in [-0.3, -0.25) is 4.79 Å². The van der Waals surface area contributed by atoms with Crippen molar-refractivity contribution in [3.05, 3.63) is 45.8 Å². The van der Waals surface area contributed by atoms with Crippen molar-refractivity contribution < 1.29 is 9.53 Å². The molecule has 0 saturated carbocycles. The molecule has 0 aromatic carbocycles. The van der Waals surface area contributed by atoms with Crippen molar-refractivity contribution in [2.24, 2.45) is 5.10 Å². The van der Waals surface area contributed by atoms with Crippen LogP contribution >= 0.6 is 11.3 Å². The minimum atomic E-state index is -0.0997. The molecule has 0 radical (unpaired) electrons. The largest absolute Gasteiger partial charge is 0.481 e. The first-order valence-electron chi connectivity index (χ1n) is 7.58. The van der Waals surface area contributed by atoms with E-state index in [1.54, 1.807) is 29.7 Å². The SMILES string of the molecule is CCC(=O)N1N=C(c2sccc2C)CC1c1ccc(OC)nc1. The average Bonchev–Trinajstić information content (AvgIpc) is 3.20. The number of thiophene rings is 1. The van der Waals surface area contributed by atoms with Gasteiger partial charge in [-0.2, -0.15) is 5.10 Å². The van der Waals surface area contributed by atoms with Crippen LogP contribution in [0.1, 0.15) is 41.8 Å². The number of rotatable bonds is 4. The summed E-state index contributed by atoms with van der Waals surface area (Å²) in [4.78, 5) is 17.7. The second kappa shape index (κ2) is 6.50. The van der Waals surface area contributed by atoms with Crippen molar-refractivity contribution >= 4 is 23.0 Å². The minimum absolute atomic E-state index is 0.0232. The van der Waals surface area contributed by atoms with Gasteiger partial charge in [0.1, 0.15) is 0 Å². The molecule has 1 aliphatic rings. The van der Waals surface area contributed by atoms with Crippen molar-refractivity contribution in [2.75, 3.05) is 7.11 Å². The monoisotopic (exact) mass is 329 g/mol. The van der Waals surface area contributed by atoms with E-state index in [-0.39, 0.29) is 11.9 Å². The molecule has 0 aliphatic carbocycles. The lowest BCUT2D eigenvalue weighted by Gasteiger charge is -2.21. The average molecular weight is 329 g/mol. The summed E-state index contributed by atoms with van der Waals surface area (Å²) in [6, 6.07) is 5.75. The third-order valence-electron chi connectivity index (χ3n) is 3.95. The van der Waals surface area contributed by atoms with Crippen molar-refractivity contribution in [3.8, 4) is 5.88 Å². The molecule has 2 aromatic heterocycles. The highest BCUT2D eigenvalue weighted by molar-refractivity contribution is 7.12. The van der Waals surface area contributed by atoms with Crippen molar-refractivity contribution in [3.63, 3.8) is 0 Å². The summed E-state index contributed by atoms with van der Waals surface area (Å²) in [5.74, 6) is 0.588. The highest BCUT2D eigenvalue weighted by Crippen LogP contribution is 2.35. The van der Waals surface area contributed by atoms with Gasteiger partial charge >= 0.3 is 0 Å². The summed E-state index contributed by atoms with van der Waals surface area (Å²) in [7, 11) is 1.59. The van der Waals surface area contributed by atoms with E-state index in [2.05, 4.69) is 28.5 Å². The molecule has 0 fully saturated rings. The van der Waals surface area contributed by atoms with E-state index in [0.717, 1.165) is 16.2 Å². The zero-order chi connectivity index (χ0) is 16.4. The standard InChI is InChI=1S/C17H19N3O2S/c1-4-16(21)20-14(12-5-6-15(22-3)18-10-12)9-13(19-20)17-11(2)7-8-23-17/h5-8,10,14H,4,9H2,1-3H3. The van der Waals surface area contributed by atoms with Crippen LogP contribution in [0.25, 0.3) is 0 Å². The third-order valence-corrected chi connectivity index (χ3v) is 5.01. The number of aryl methyl sites for hydroxylation is 1. The maximum Gasteiger partial charge on any atom is 0.242 e. The molecule has 3 rings (SSSR count). The molecule has 0 N–H and O–H groups in total. The van der Waals surface area contributed by atoms with Crippen LogP contribution in [0.4, 0.5) is 0 Å². The smallest absolute Gasteiger partial charge is 0.242 e. The van der Waals surface area contributed by atoms with Gasteiger partial charge in [-0.15, -0.1) is 11.3 Å². The van der Waals surface area contributed by atoms with Crippen LogP contribution in [0.3, 0.4) is 0 Å². The maximum absolute atomic E-state index is 12.3. The van der Waals surface area contributed by atoms with Crippen LogP contribution in [-0.4, -0.2) is 28.7 Å². The van der Waals surface area contributed by atoms with Crippen molar-refractivity contribution in [1.29, 1.82) is 0 Å². The fraction of sp³-hybridized carbons (Fsp3) is 0.353. The zero-order valence-corrected chi connectivity index (χ0v) is 14.3. The Kier molecular flexibility index (Phi) is 4.43. The van der Waals surface area contributed by atoms with Gasteiger partial charge < -0.3 is 4.74 Å². The van der Waals surface area contributed by atoms with E-state index in [0.29, 0.717) is 18.7 Å². The molecule has 0 bridgehead atoms. The molecule has 1 amide bonds. The molecule has 120 valence electrons. The van der Waals surface area contributed by atoms with Crippen LogP contribution in [-0.2, 0) is 4.79 Å². The summed E-state index contributed by atoms with van der Waals surface area (Å²) in [5, 5.41) is 8.28. The Morgan fingerprint density at radius 3 is 2.83 bits per heavy atom. The Morgan fingerprint density at radius 2 is 2.26 bits per heavy atom. The number of ether oxygens (including phenoxy) is 1. The van der Waals surface area contributed by atoms with Crippen LogP contribution in [0.2, 0.25) is 0 Å². The van der Waals surface area contributed by atoms with Gasteiger partial charge in [0, 0.05) is 25.1 Å². The fourth-order valence-corrected chi connectivity index (χ4v) is 3.60. The van der Waals surface area contributed by atoms with Gasteiger partial charge in [0.15, 0.2) is 0 Å². The van der Waals surface area contributed by atoms with E-state index in [1.807, 2.05) is 19.1 Å². The number of amides is 1. The molecule has 0 spiro atoms. The Hall–Kier alpha value is -2.21. The number of hydrazone groups is 1. The first-order valence-corrected chi connectivity index (χ1v) is 8.46. The lowest BCUT2D eigenvalue weighted by atomic mass is 10.0. The number of aromatic nitrogens is 1. The summed E-state index contributed by atoms with van der Waals surface area (Å²) < 4.78 is 5.10. The Balaban J connectivity index is 1.93. The number of methoxy groups -OCH3 is 1. The van der Waals surface area contributed by atoms with Crippen LogP contribution in [0, 0.1) is 6.92 Å². The molecular weight excluding hydrogens is 310 g/mol. The normalized spacial score (nSPS) is 17.3. The van der Waals surface area contributed by atoms with Gasteiger partial charge in [0.25, 0.3) is 0 Å². The molecule has 1 unspecified atom stereocenters. The molecule has 1 atom stereocenters. The summed E-state index contributed by atoms with van der Waals surface area (Å²) in [5.41, 5.74) is 3.15. The van der Waals surface area contributed by atoms with Crippen molar-refractivity contribution in [1.82, 2.24) is 9.99 Å². The number of hydrogen-bond donors (Lipinski definition) is 0. The lowest BCUT2D eigenvalue weighted by molar-refractivity contribution is -0.132. The molecule has 5 nitrogen and oxygen atoms in total. The number of hydrogen-bond acceptors (Lipinski definition) is 5. The number of carbonyl (C=O) groups is 1. The minimum Gasteiger partial charge on any atom is -0.481 e. The lowest BCUT2D eigenvalue weighted by Crippen LogP contribution is -2.26. The second-order valence-corrected chi connectivity index (χ2v) is 6.34. The van der Waals surface area contributed by atoms with Crippen LogP contribution in [0.15, 0.2) is 34.9 Å². The fourth-order valence-electron chi connectivity index (χ4n) is 2.68. The molecule has 1 aliphatic heterocycles. The van der Waals surface area contributed by atoms with Gasteiger partial charge in [-0.25, -0.2) is 9.99 Å². The number of nitrogens with zero attached hydrogens (tertiary/aromatic N) is 3. The van der Waals surface area contributed by atoms with Gasteiger partial charge in [-0.05, 0) is 35.6 Å². The van der Waals surface area contributed by atoms with Gasteiger partial charge in [0.2, 0.25) is 11.8 Å². The van der Waals surface area contributed by atoms with Gasteiger partial charge in [-0.1, -0.05) is 6.92 Å². The summed E-state index contributed by atoms with van der Waals surface area (Å²) in [6.07, 6.45) is 2.90. The molecule has 0 saturated heterocycles. The summed E-state index contributed by atoms with van der Waals surface area (Å²) >= 11 is 1.67. The molecular formula is C17H19N3O2S. The number of pyridine rings is 1. The summed E-state index contributed by atoms with van der Waals surface area (Å²) in [6.45, 7) is 3.93. The Labute approximate surface area is 139 Å². The van der Waals surface area contributed by atoms with E-state index in [4.69, 9.17) is 4.74 Å². The zero-order valence-electron chi connectivity index (χ0n) is 13.4. The maximum atomic E-state index is 12.3. The molecule has 2 aromatic rings. The van der Waals surface area contributed by atoms with E-state index in [9.17, 15) is 4.79 Å². The first kappa shape index (κ1) is 15.7. The highest BCUT2D eigenvalue weighted by Gasteiger charge is 2.33. The van der Waals surface area contributed by atoms with Crippen LogP contribution < -0.4 is 4.74 Å². The quantitative estimate of drug-likeness (QED) is 0.862. The van der Waals surface area contributed by atoms with Crippen molar-refractivity contribution in [2.45, 2.75) is 32.7 Å². The Bertz CT molecular complexity index is 737. The van der Waals surface area contributed by atoms with Gasteiger partial charge in [0.05, 0.1) is 23.7 Å². The predicted molar refractivity (Wildman–Crippen MR) is 90.9 cm³/mol. The molecule has 23 heavy (non-hydrogen) atoms. The predicted octanol–water partition coefficient (Wildman–Crippen LogP) is 3.55. The first-order chi connectivity index (χ1) is 11.1. The molecule has 3 heterocycles. The van der Waals surface area contributed by atoms with E-state index < -0.39 is 0 Å². The van der Waals surface area contributed by atoms with E-state index in [1.165, 1.54) is 5.56 Å². The third kappa shape index (κ3) is 2.99. The highest BCUT2D eigenvalue weighted by atomic mass is 32.1. The van der Waals surface area contributed by atoms with Crippen LogP contribution in [0.5, 0.6) is 5.88 Å². The van der Waals surface area contributed by atoms with E-state index >= 15 is 0 Å². The number of carbonyl (C=O) groups excluding carboxylic acids is 1. The second-order valence-electron chi connectivity index (χ2n) is 5.43. The molecule has 6 heteroatoms. The Morgan fingerprint density at radius 1 is 1.43 bits per heavy atom. The topological polar surface area (TPSA) is 54.8 Å².